The molecule has 3 fully saturated rings. The van der Waals surface area contributed by atoms with Gasteiger partial charge in [0, 0.05) is 75.4 Å². The van der Waals surface area contributed by atoms with Crippen LogP contribution in [-0.4, -0.2) is 104 Å². The maximum atomic E-state index is 14.9. The molecule has 3 aliphatic heterocycles. The molecule has 1 saturated carbocycles. The minimum absolute atomic E-state index is 0.0784. The van der Waals surface area contributed by atoms with Crippen LogP contribution in [0.1, 0.15) is 101 Å². The fourth-order valence-electron chi connectivity index (χ4n) is 11.3. The Kier molecular flexibility index (Phi) is 13.7. The van der Waals surface area contributed by atoms with Gasteiger partial charge in [-0.15, -0.1) is 0 Å². The number of aromatic carboxylic acids is 1. The Morgan fingerprint density at radius 2 is 1.68 bits per heavy atom. The van der Waals surface area contributed by atoms with E-state index in [1.54, 1.807) is 16.9 Å². The zero-order valence-corrected chi connectivity index (χ0v) is 42.1. The van der Waals surface area contributed by atoms with Gasteiger partial charge in [0.2, 0.25) is 11.8 Å². The number of thiazole rings is 1. The van der Waals surface area contributed by atoms with Crippen LogP contribution in [0.3, 0.4) is 0 Å². The van der Waals surface area contributed by atoms with Gasteiger partial charge in [-0.2, -0.15) is 18.3 Å². The van der Waals surface area contributed by atoms with Crippen LogP contribution in [-0.2, 0) is 35.8 Å². The van der Waals surface area contributed by atoms with E-state index in [0.717, 1.165) is 115 Å². The Balaban J connectivity index is 0.685. The van der Waals surface area contributed by atoms with Crippen molar-refractivity contribution in [2.75, 3.05) is 54.4 Å². The highest BCUT2D eigenvalue weighted by atomic mass is 32.1. The molecule has 3 N–H and O–H groups in total. The number of carbonyl (C=O) groups excluding carboxylic acids is 3. The molecular weight excluding hydrogens is 986 g/mol. The number of nitrogens with one attached hydrogen (secondary N) is 2. The molecule has 20 heteroatoms. The zero-order valence-electron chi connectivity index (χ0n) is 41.2. The van der Waals surface area contributed by atoms with Gasteiger partial charge in [-0.1, -0.05) is 41.7 Å². The number of para-hydroxylation sites is 1. The first-order chi connectivity index (χ1) is 36.2. The van der Waals surface area contributed by atoms with Gasteiger partial charge in [0.15, 0.2) is 16.6 Å². The summed E-state index contributed by atoms with van der Waals surface area (Å²) in [5.41, 5.74) is 2.48. The number of carbonyl (C=O) groups is 4. The summed E-state index contributed by atoms with van der Waals surface area (Å²) in [6.45, 7) is 4.98. The number of pyridine rings is 2. The van der Waals surface area contributed by atoms with Crippen LogP contribution in [0.4, 0.5) is 29.9 Å². The molecule has 1 atom stereocenters. The van der Waals surface area contributed by atoms with Gasteiger partial charge in [0.25, 0.3) is 5.91 Å². The lowest BCUT2D eigenvalue weighted by molar-refractivity contribution is -0.137. The van der Waals surface area contributed by atoms with Crippen molar-refractivity contribution in [2.45, 2.75) is 82.5 Å². The third-order valence-electron chi connectivity index (χ3n) is 15.2. The number of fused-ring (bicyclic) bond motifs is 3. The van der Waals surface area contributed by atoms with Gasteiger partial charge < -0.3 is 19.6 Å². The Morgan fingerprint density at radius 3 is 2.45 bits per heavy atom. The number of amides is 3. The number of rotatable bonds is 13. The molecule has 11 rings (SSSR count). The van der Waals surface area contributed by atoms with E-state index in [2.05, 4.69) is 30.4 Å². The van der Waals surface area contributed by atoms with Crippen LogP contribution in [0, 0.1) is 5.92 Å². The third kappa shape index (κ3) is 10.4. The number of aryl methyl sites for hydroxylation is 1. The second-order valence-electron chi connectivity index (χ2n) is 19.9. The number of alkyl halides is 3. The minimum Gasteiger partial charge on any atom is -0.490 e. The van der Waals surface area contributed by atoms with Crippen molar-refractivity contribution in [2.24, 2.45) is 13.0 Å². The van der Waals surface area contributed by atoms with Crippen molar-refractivity contribution in [3.05, 3.63) is 119 Å². The van der Waals surface area contributed by atoms with Gasteiger partial charge in [-0.3, -0.25) is 34.6 Å². The van der Waals surface area contributed by atoms with Gasteiger partial charge in [-0.25, -0.2) is 19.7 Å². The lowest BCUT2D eigenvalue weighted by atomic mass is 9.84. The van der Waals surface area contributed by atoms with Crippen LogP contribution in [0.15, 0.2) is 85.1 Å². The number of ether oxygens (including phenoxy) is 1. The number of halogens is 3. The van der Waals surface area contributed by atoms with Crippen molar-refractivity contribution in [3.8, 4) is 16.9 Å². The van der Waals surface area contributed by atoms with E-state index in [1.165, 1.54) is 35.6 Å². The highest BCUT2D eigenvalue weighted by Gasteiger charge is 2.37. The van der Waals surface area contributed by atoms with Gasteiger partial charge in [-0.05, 0) is 129 Å². The van der Waals surface area contributed by atoms with E-state index in [4.69, 9.17) is 14.8 Å². The number of aromatic nitrogens is 5. The number of benzene rings is 3. The number of carboxylic acid groups (broad SMARTS) is 1. The van der Waals surface area contributed by atoms with Crippen molar-refractivity contribution < 1.29 is 42.2 Å². The summed E-state index contributed by atoms with van der Waals surface area (Å²) in [5, 5.41) is 21.8. The molecule has 3 aromatic carbocycles. The lowest BCUT2D eigenvalue weighted by Gasteiger charge is -2.36. The maximum absolute atomic E-state index is 14.9. The van der Waals surface area contributed by atoms with E-state index in [9.17, 15) is 37.5 Å². The summed E-state index contributed by atoms with van der Waals surface area (Å²) in [7, 11) is 1.86. The molecule has 0 bridgehead atoms. The van der Waals surface area contributed by atoms with Gasteiger partial charge in [0.1, 0.15) is 17.1 Å². The zero-order chi connectivity index (χ0) is 52.0. The molecule has 4 aromatic heterocycles. The molecule has 2 saturated heterocycles. The van der Waals surface area contributed by atoms with Gasteiger partial charge in [0.05, 0.1) is 33.5 Å². The fraction of sp³-hybridized carbons (Fsp3) is 0.382. The minimum atomic E-state index is -4.82. The van der Waals surface area contributed by atoms with Crippen LogP contribution >= 0.6 is 11.3 Å². The van der Waals surface area contributed by atoms with Crippen molar-refractivity contribution in [1.29, 1.82) is 0 Å². The molecule has 4 aliphatic rings. The van der Waals surface area contributed by atoms with Gasteiger partial charge >= 0.3 is 12.1 Å². The Morgan fingerprint density at radius 1 is 0.880 bits per heavy atom. The lowest BCUT2D eigenvalue weighted by Crippen LogP contribution is -2.47. The number of anilines is 3. The van der Waals surface area contributed by atoms with E-state index >= 15 is 0 Å². The van der Waals surface area contributed by atoms with Crippen LogP contribution < -0.4 is 25.2 Å². The number of hydrogen-bond donors (Lipinski definition) is 3. The number of imide groups is 1. The van der Waals surface area contributed by atoms with Crippen LogP contribution in [0.25, 0.3) is 32.2 Å². The SMILES string of the molecule is Cn1nc(C2CCC(=O)NC2=O)c2ccnc(N3CCN(CCCC4CCC(Oc5ccc(-c6ccc(N7CCc8cccc(C(=O)Nc9nc%10ccccc%10s9)c8C7)nc6C(=O)O)c(C(F)(F)F)c5)CC4)CC3)c21. The van der Waals surface area contributed by atoms with Crippen LogP contribution in [0.2, 0.25) is 0 Å². The second-order valence-corrected chi connectivity index (χ2v) is 20.9. The molecule has 0 radical (unpaired) electrons. The second kappa shape index (κ2) is 20.7. The number of nitrogens with zero attached hydrogens (tertiary/aromatic N) is 8. The normalized spacial score (nSPS) is 19.5. The highest BCUT2D eigenvalue weighted by Crippen LogP contribution is 2.42. The smallest absolute Gasteiger partial charge is 0.417 e. The molecule has 3 amide bonds. The quantitative estimate of drug-likeness (QED) is 0.0929. The Labute approximate surface area is 433 Å². The molecular formula is C55H55F3N10O6S. The average Bonchev–Trinajstić information content (AvgIpc) is 3.98. The number of piperazine rings is 1. The highest BCUT2D eigenvalue weighted by molar-refractivity contribution is 7.22. The molecule has 75 heavy (non-hydrogen) atoms. The van der Waals surface area contributed by atoms with Crippen LogP contribution in [0.5, 0.6) is 5.75 Å². The first kappa shape index (κ1) is 49.7. The summed E-state index contributed by atoms with van der Waals surface area (Å²) in [6, 6.07) is 21.6. The Bertz CT molecular complexity index is 3310. The largest absolute Gasteiger partial charge is 0.490 e. The molecule has 1 aliphatic carbocycles. The molecule has 388 valence electrons. The number of carboxylic acids is 1. The number of piperidine rings is 1. The van der Waals surface area contributed by atoms with E-state index in [1.807, 2.05) is 54.4 Å². The summed E-state index contributed by atoms with van der Waals surface area (Å²) < 4.78 is 53.6. The standard InChI is InChI=1S/C55H55F3N10O6S/c1-65-49-39(47(64-65)40-18-20-46(69)62-52(40)71)21-23-59-50(49)67-28-26-66(27-29-67)24-5-6-32-11-13-34(14-12-32)74-35-15-16-36(42(30-35)55(56,57)58)37-17-19-45(61-48(37)53(72)73)68-25-22-33-7-4-8-38(41(33)31-68)51(70)63-54-60-43-9-2-3-10-44(43)75-54/h2-4,7-10,15-17,19,21,23,30,32,34,40H,5-6,11-14,18,20,22,24-29,31H2,1H3,(H,72,73)(H,60,63,70)(H,62,69,71). The predicted molar refractivity (Wildman–Crippen MR) is 278 cm³/mol. The average molecular weight is 1040 g/mol. The fourth-order valence-corrected chi connectivity index (χ4v) is 12.2. The van der Waals surface area contributed by atoms with Crippen molar-refractivity contribution in [3.63, 3.8) is 0 Å². The third-order valence-corrected chi connectivity index (χ3v) is 16.2. The predicted octanol–water partition coefficient (Wildman–Crippen LogP) is 9.23. The molecule has 0 spiro atoms. The monoisotopic (exact) mass is 1040 g/mol. The summed E-state index contributed by atoms with van der Waals surface area (Å²) in [6.07, 6.45) is 3.27. The summed E-state index contributed by atoms with van der Waals surface area (Å²) >= 11 is 1.37. The van der Waals surface area contributed by atoms with Crippen molar-refractivity contribution in [1.82, 2.24) is 34.9 Å². The molecule has 16 nitrogen and oxygen atoms in total. The Hall–Kier alpha value is -7.45. The summed E-state index contributed by atoms with van der Waals surface area (Å²) in [5.74, 6) is -1.18. The van der Waals surface area contributed by atoms with E-state index < -0.39 is 29.3 Å². The number of hydrogen-bond acceptors (Lipinski definition) is 13. The topological polar surface area (TPSA) is 188 Å². The molecule has 7 aromatic rings. The first-order valence-corrected chi connectivity index (χ1v) is 26.3. The molecule has 1 unspecified atom stereocenters. The van der Waals surface area contributed by atoms with Crippen molar-refractivity contribution >= 4 is 72.9 Å². The van der Waals surface area contributed by atoms with E-state index in [0.29, 0.717) is 41.7 Å². The summed E-state index contributed by atoms with van der Waals surface area (Å²) in [4.78, 5) is 71.1. The first-order valence-electron chi connectivity index (χ1n) is 25.5. The molecule has 7 heterocycles. The van der Waals surface area contributed by atoms with E-state index in [-0.39, 0.29) is 59.5 Å². The maximum Gasteiger partial charge on any atom is 0.417 e.